The summed E-state index contributed by atoms with van der Waals surface area (Å²) in [6.07, 6.45) is 1.59. The Bertz CT molecular complexity index is 558. The molecule has 1 heterocycles. The van der Waals surface area contributed by atoms with Gasteiger partial charge in [-0.1, -0.05) is 12.1 Å². The molecule has 1 fully saturated rings. The third-order valence-corrected chi connectivity index (χ3v) is 4.64. The lowest BCUT2D eigenvalue weighted by molar-refractivity contribution is -0.139. The number of hydrogen-bond donors (Lipinski definition) is 2. The Morgan fingerprint density at radius 2 is 2.09 bits per heavy atom. The Morgan fingerprint density at radius 3 is 2.57 bits per heavy atom. The standard InChI is InChI=1S/C16H25N3O4/c1-5-19(8-14(20)21)13-6-12(7-13)17-16(22)9(2)15-10(3)18-23-11(15)4/h9,12-13H,5-8H2,1-4H3,(H,17,22)(H,20,21)/t9-,12?,13?/m1/s1. The molecule has 1 atom stereocenters. The maximum atomic E-state index is 12.4. The van der Waals surface area contributed by atoms with Crippen LogP contribution in [-0.4, -0.2) is 52.2 Å². The minimum atomic E-state index is -0.814. The van der Waals surface area contributed by atoms with E-state index in [2.05, 4.69) is 10.5 Å². The number of amides is 1. The molecule has 1 saturated carbocycles. The fourth-order valence-corrected chi connectivity index (χ4v) is 3.24. The minimum Gasteiger partial charge on any atom is -0.480 e. The summed E-state index contributed by atoms with van der Waals surface area (Å²) in [5.41, 5.74) is 1.59. The first-order chi connectivity index (χ1) is 10.8. The predicted molar refractivity (Wildman–Crippen MR) is 84.2 cm³/mol. The monoisotopic (exact) mass is 323 g/mol. The number of likely N-dealkylation sites (N-methyl/N-ethyl adjacent to an activating group) is 1. The molecule has 1 amide bonds. The summed E-state index contributed by atoms with van der Waals surface area (Å²) in [4.78, 5) is 25.1. The Labute approximate surface area is 136 Å². The first-order valence-corrected chi connectivity index (χ1v) is 8.02. The molecule has 128 valence electrons. The van der Waals surface area contributed by atoms with Crippen LogP contribution in [0.15, 0.2) is 4.52 Å². The second-order valence-electron chi connectivity index (χ2n) is 6.25. The van der Waals surface area contributed by atoms with E-state index in [0.29, 0.717) is 12.3 Å². The van der Waals surface area contributed by atoms with Crippen LogP contribution in [0.25, 0.3) is 0 Å². The van der Waals surface area contributed by atoms with Crippen LogP contribution in [-0.2, 0) is 9.59 Å². The van der Waals surface area contributed by atoms with Gasteiger partial charge in [-0.2, -0.15) is 0 Å². The van der Waals surface area contributed by atoms with Gasteiger partial charge in [0, 0.05) is 17.6 Å². The molecular formula is C16H25N3O4. The molecule has 2 N–H and O–H groups in total. The van der Waals surface area contributed by atoms with Crippen LogP contribution in [0.2, 0.25) is 0 Å². The van der Waals surface area contributed by atoms with E-state index in [0.717, 1.165) is 24.1 Å². The molecular weight excluding hydrogens is 298 g/mol. The summed E-state index contributed by atoms with van der Waals surface area (Å²) in [5.74, 6) is -0.479. The number of hydrogen-bond acceptors (Lipinski definition) is 5. The Morgan fingerprint density at radius 1 is 1.43 bits per heavy atom. The van der Waals surface area contributed by atoms with E-state index < -0.39 is 5.97 Å². The Balaban J connectivity index is 1.85. The largest absolute Gasteiger partial charge is 0.480 e. The smallest absolute Gasteiger partial charge is 0.317 e. The van der Waals surface area contributed by atoms with Crippen LogP contribution >= 0.6 is 0 Å². The van der Waals surface area contributed by atoms with Gasteiger partial charge in [-0.25, -0.2) is 0 Å². The van der Waals surface area contributed by atoms with Crippen molar-refractivity contribution in [1.29, 1.82) is 0 Å². The number of aliphatic carboxylic acids is 1. The van der Waals surface area contributed by atoms with Crippen molar-refractivity contribution < 1.29 is 19.2 Å². The van der Waals surface area contributed by atoms with E-state index in [1.165, 1.54) is 0 Å². The average molecular weight is 323 g/mol. The van der Waals surface area contributed by atoms with Crippen LogP contribution < -0.4 is 5.32 Å². The molecule has 1 aromatic heterocycles. The number of nitrogens with zero attached hydrogens (tertiary/aromatic N) is 2. The van der Waals surface area contributed by atoms with Gasteiger partial charge < -0.3 is 14.9 Å². The molecule has 7 heteroatoms. The zero-order valence-corrected chi connectivity index (χ0v) is 14.1. The van der Waals surface area contributed by atoms with Crippen LogP contribution in [0.3, 0.4) is 0 Å². The number of rotatable bonds is 7. The molecule has 0 bridgehead atoms. The van der Waals surface area contributed by atoms with Crippen molar-refractivity contribution in [1.82, 2.24) is 15.4 Å². The molecule has 1 aliphatic carbocycles. The number of carboxylic acid groups (broad SMARTS) is 1. The van der Waals surface area contributed by atoms with E-state index in [1.54, 1.807) is 0 Å². The van der Waals surface area contributed by atoms with Gasteiger partial charge in [0.2, 0.25) is 5.91 Å². The zero-order valence-electron chi connectivity index (χ0n) is 14.1. The average Bonchev–Trinajstić information content (AvgIpc) is 2.78. The van der Waals surface area contributed by atoms with Gasteiger partial charge in [0.05, 0.1) is 18.2 Å². The fourth-order valence-electron chi connectivity index (χ4n) is 3.24. The number of nitrogens with one attached hydrogen (secondary N) is 1. The summed E-state index contributed by atoms with van der Waals surface area (Å²) in [6.45, 7) is 8.20. The second kappa shape index (κ2) is 7.12. The normalized spacial score (nSPS) is 21.8. The van der Waals surface area contributed by atoms with E-state index in [1.807, 2.05) is 32.6 Å². The molecule has 2 rings (SSSR count). The lowest BCUT2D eigenvalue weighted by Gasteiger charge is -2.42. The van der Waals surface area contributed by atoms with Crippen molar-refractivity contribution in [2.24, 2.45) is 0 Å². The molecule has 0 radical (unpaired) electrons. The molecule has 1 aliphatic rings. The van der Waals surface area contributed by atoms with Gasteiger partial charge in [0.25, 0.3) is 0 Å². The third-order valence-electron chi connectivity index (χ3n) is 4.64. The summed E-state index contributed by atoms with van der Waals surface area (Å²) in [5, 5.41) is 15.8. The summed E-state index contributed by atoms with van der Waals surface area (Å²) in [7, 11) is 0. The van der Waals surface area contributed by atoms with Crippen molar-refractivity contribution in [3.63, 3.8) is 0 Å². The topological polar surface area (TPSA) is 95.7 Å². The molecule has 1 aromatic rings. The highest BCUT2D eigenvalue weighted by molar-refractivity contribution is 5.84. The van der Waals surface area contributed by atoms with Crippen molar-refractivity contribution in [3.8, 4) is 0 Å². The SMILES string of the molecule is CCN(CC(=O)O)C1CC(NC(=O)[C@H](C)c2c(C)noc2C)C1. The summed E-state index contributed by atoms with van der Waals surface area (Å²) >= 11 is 0. The highest BCUT2D eigenvalue weighted by atomic mass is 16.5. The van der Waals surface area contributed by atoms with E-state index in [9.17, 15) is 9.59 Å². The highest BCUT2D eigenvalue weighted by Gasteiger charge is 2.35. The van der Waals surface area contributed by atoms with Crippen molar-refractivity contribution in [2.45, 2.75) is 58.5 Å². The van der Waals surface area contributed by atoms with E-state index in [4.69, 9.17) is 9.63 Å². The molecule has 0 unspecified atom stereocenters. The van der Waals surface area contributed by atoms with Crippen LogP contribution in [0.4, 0.5) is 0 Å². The molecule has 7 nitrogen and oxygen atoms in total. The van der Waals surface area contributed by atoms with Crippen molar-refractivity contribution in [2.75, 3.05) is 13.1 Å². The van der Waals surface area contributed by atoms with E-state index >= 15 is 0 Å². The predicted octanol–water partition coefficient (Wildman–Crippen LogP) is 1.45. The summed E-state index contributed by atoms with van der Waals surface area (Å²) in [6, 6.07) is 0.342. The second-order valence-corrected chi connectivity index (χ2v) is 6.25. The van der Waals surface area contributed by atoms with Gasteiger partial charge in [-0.15, -0.1) is 0 Å². The highest BCUT2D eigenvalue weighted by Crippen LogP contribution is 2.28. The minimum absolute atomic E-state index is 0.0378. The number of carbonyl (C=O) groups is 2. The first-order valence-electron chi connectivity index (χ1n) is 8.02. The number of aromatic nitrogens is 1. The molecule has 0 aliphatic heterocycles. The number of carboxylic acids is 1. The first kappa shape index (κ1) is 17.5. The molecule has 23 heavy (non-hydrogen) atoms. The van der Waals surface area contributed by atoms with Crippen molar-refractivity contribution in [3.05, 3.63) is 17.0 Å². The van der Waals surface area contributed by atoms with Crippen LogP contribution in [0.5, 0.6) is 0 Å². The summed E-state index contributed by atoms with van der Waals surface area (Å²) < 4.78 is 5.12. The molecule has 0 spiro atoms. The van der Waals surface area contributed by atoms with Gasteiger partial charge >= 0.3 is 5.97 Å². The molecule has 0 aromatic carbocycles. The van der Waals surface area contributed by atoms with E-state index in [-0.39, 0.29) is 30.5 Å². The van der Waals surface area contributed by atoms with Crippen LogP contribution in [0.1, 0.15) is 49.6 Å². The fraction of sp³-hybridized carbons (Fsp3) is 0.688. The van der Waals surface area contributed by atoms with Gasteiger partial charge in [-0.3, -0.25) is 14.5 Å². The van der Waals surface area contributed by atoms with Gasteiger partial charge in [-0.05, 0) is 40.2 Å². The van der Waals surface area contributed by atoms with Crippen LogP contribution in [0, 0.1) is 13.8 Å². The Kier molecular flexibility index (Phi) is 5.41. The maximum absolute atomic E-state index is 12.4. The van der Waals surface area contributed by atoms with Gasteiger partial charge in [0.1, 0.15) is 5.76 Å². The lowest BCUT2D eigenvalue weighted by atomic mass is 9.84. The number of carbonyl (C=O) groups excluding carboxylic acids is 1. The maximum Gasteiger partial charge on any atom is 0.317 e. The number of aryl methyl sites for hydroxylation is 2. The zero-order chi connectivity index (χ0) is 17.1. The molecule has 0 saturated heterocycles. The third kappa shape index (κ3) is 3.90. The van der Waals surface area contributed by atoms with Gasteiger partial charge in [0.15, 0.2) is 0 Å². The quantitative estimate of drug-likeness (QED) is 0.788. The lowest BCUT2D eigenvalue weighted by Crippen LogP contribution is -2.55. The van der Waals surface area contributed by atoms with Crippen molar-refractivity contribution >= 4 is 11.9 Å². The Hall–Kier alpha value is -1.89.